The molecule has 60 valence electrons. The molecule has 0 nitrogen and oxygen atoms in total. The van der Waals surface area contributed by atoms with Crippen molar-refractivity contribution in [3.8, 4) is 0 Å². The van der Waals surface area contributed by atoms with E-state index in [1.165, 1.54) is 26.3 Å². The molecule has 0 atom stereocenters. The Kier molecular flexibility index (Phi) is 2.55. The second-order valence-corrected chi connectivity index (χ2v) is 4.98. The Hall–Kier alpha value is -0.0831. The van der Waals surface area contributed by atoms with Crippen LogP contribution in [-0.2, 0) is 0 Å². The molecule has 0 aromatic heterocycles. The molecule has 0 radical (unpaired) electrons. The lowest BCUT2D eigenvalue weighted by atomic mass is 10.1. The molecule has 0 spiro atoms. The molecule has 0 saturated heterocycles. The maximum Gasteiger partial charge on any atom is 0.0389 e. The van der Waals surface area contributed by atoms with Gasteiger partial charge in [-0.25, -0.2) is 0 Å². The van der Waals surface area contributed by atoms with E-state index in [0.717, 1.165) is 10.2 Å². The number of halogens is 1. The fraction of sp³-hybridized carbons (Fsp3) is 0.333. The van der Waals surface area contributed by atoms with Crippen molar-refractivity contribution in [3.05, 3.63) is 27.2 Å². The summed E-state index contributed by atoms with van der Waals surface area (Å²) in [5.74, 6) is 0. The van der Waals surface area contributed by atoms with Gasteiger partial charge in [-0.3, -0.25) is 0 Å². The predicted molar refractivity (Wildman–Crippen MR) is 57.9 cm³/mol. The molecule has 0 aliphatic heterocycles. The summed E-state index contributed by atoms with van der Waals surface area (Å²) < 4.78 is 1.26. The molecule has 0 bridgehead atoms. The zero-order chi connectivity index (χ0) is 8.59. The van der Waals surface area contributed by atoms with E-state index in [2.05, 4.69) is 42.8 Å². The van der Waals surface area contributed by atoms with Gasteiger partial charge < -0.3 is 0 Å². The number of benzene rings is 1. The highest BCUT2D eigenvalue weighted by atomic mass is 79.9. The lowest BCUT2D eigenvalue weighted by molar-refractivity contribution is 1.27. The van der Waals surface area contributed by atoms with Crippen LogP contribution in [0.25, 0.3) is 0 Å². The first kappa shape index (κ1) is 9.01. The molecule has 0 aliphatic rings. The minimum absolute atomic E-state index is 1.14. The highest BCUT2D eigenvalue weighted by Gasteiger charge is 2.03. The van der Waals surface area contributed by atoms with Gasteiger partial charge in [-0.15, -0.1) is 0 Å². The van der Waals surface area contributed by atoms with Gasteiger partial charge in [0, 0.05) is 14.7 Å². The van der Waals surface area contributed by atoms with Crippen molar-refractivity contribution in [2.75, 3.05) is 0 Å². The Morgan fingerprint density at radius 3 is 2.18 bits per heavy atom. The second-order valence-electron chi connectivity index (χ2n) is 3.05. The third-order valence-electron chi connectivity index (χ3n) is 2.42. The van der Waals surface area contributed by atoms with E-state index in [4.69, 9.17) is 0 Å². The Balaban J connectivity index is 3.46. The molecule has 1 rings (SSSR count). The van der Waals surface area contributed by atoms with Crippen LogP contribution in [0.15, 0.2) is 10.5 Å². The minimum Gasteiger partial charge on any atom is -0.0665 e. The lowest BCUT2D eigenvalue weighted by Gasteiger charge is -2.09. The third kappa shape index (κ3) is 1.57. The van der Waals surface area contributed by atoms with Gasteiger partial charge in [0.25, 0.3) is 0 Å². The first-order valence-corrected chi connectivity index (χ1v) is 5.56. The van der Waals surface area contributed by atoms with Gasteiger partial charge in [0.05, 0.1) is 0 Å². The summed E-state index contributed by atoms with van der Waals surface area (Å²) in [5.41, 5.74) is 4.28. The maximum absolute atomic E-state index is 3.55. The van der Waals surface area contributed by atoms with Crippen molar-refractivity contribution in [1.82, 2.24) is 0 Å². The summed E-state index contributed by atoms with van der Waals surface area (Å²) in [7, 11) is 1.14. The summed E-state index contributed by atoms with van der Waals surface area (Å²) in [6.07, 6.45) is 0. The summed E-state index contributed by atoms with van der Waals surface area (Å²) >= 11 is 3.55. The monoisotopic (exact) mass is 228 g/mol. The van der Waals surface area contributed by atoms with Crippen LogP contribution >= 0.6 is 15.9 Å². The Labute approximate surface area is 79.6 Å². The first-order chi connectivity index (χ1) is 5.04. The van der Waals surface area contributed by atoms with Crippen molar-refractivity contribution in [1.29, 1.82) is 0 Å². The quantitative estimate of drug-likeness (QED) is 0.589. The second kappa shape index (κ2) is 3.11. The van der Waals surface area contributed by atoms with E-state index in [1.807, 2.05) is 0 Å². The summed E-state index contributed by atoms with van der Waals surface area (Å²) in [4.78, 5) is 0. The molecule has 0 aliphatic carbocycles. The van der Waals surface area contributed by atoms with E-state index in [9.17, 15) is 0 Å². The van der Waals surface area contributed by atoms with Crippen LogP contribution in [0.3, 0.4) is 0 Å². The molecule has 0 N–H and O–H groups in total. The molecule has 0 fully saturated rings. The fourth-order valence-electron chi connectivity index (χ4n) is 1.16. The van der Waals surface area contributed by atoms with Gasteiger partial charge in [-0.2, -0.15) is 0 Å². The van der Waals surface area contributed by atoms with Crippen LogP contribution in [0.2, 0.25) is 0 Å². The van der Waals surface area contributed by atoms with Gasteiger partial charge in [0.1, 0.15) is 0 Å². The Morgan fingerprint density at radius 2 is 1.64 bits per heavy atom. The van der Waals surface area contributed by atoms with Gasteiger partial charge in [0.15, 0.2) is 0 Å². The maximum atomic E-state index is 3.55. The van der Waals surface area contributed by atoms with E-state index >= 15 is 0 Å². The van der Waals surface area contributed by atoms with Crippen molar-refractivity contribution in [2.24, 2.45) is 0 Å². The number of hydrogen-bond donors (Lipinski definition) is 0. The SMILES string of the molecule is Cc1c([SiH3])cc(Br)c(C)c1C. The molecular weight excluding hydrogens is 216 g/mol. The predicted octanol–water partition coefficient (Wildman–Crippen LogP) is 1.37. The minimum atomic E-state index is 1.14. The molecule has 0 amide bonds. The fourth-order valence-corrected chi connectivity index (χ4v) is 2.89. The summed E-state index contributed by atoms with van der Waals surface area (Å²) in [5, 5.41) is 1.50. The van der Waals surface area contributed by atoms with Crippen LogP contribution in [0.5, 0.6) is 0 Å². The van der Waals surface area contributed by atoms with Gasteiger partial charge in [0.2, 0.25) is 0 Å². The number of rotatable bonds is 0. The average Bonchev–Trinajstić information content (AvgIpc) is 1.97. The number of hydrogen-bond acceptors (Lipinski definition) is 0. The zero-order valence-corrected chi connectivity index (χ0v) is 11.0. The molecule has 1 aromatic rings. The van der Waals surface area contributed by atoms with Gasteiger partial charge in [-0.05, 0) is 43.5 Å². The Bertz CT molecular complexity index is 266. The average molecular weight is 229 g/mol. The molecule has 11 heavy (non-hydrogen) atoms. The molecule has 2 heteroatoms. The van der Waals surface area contributed by atoms with Crippen LogP contribution in [0.1, 0.15) is 16.7 Å². The van der Waals surface area contributed by atoms with E-state index < -0.39 is 0 Å². The van der Waals surface area contributed by atoms with Crippen LogP contribution < -0.4 is 5.19 Å². The van der Waals surface area contributed by atoms with Crippen LogP contribution in [0, 0.1) is 20.8 Å². The molecule has 0 unspecified atom stereocenters. The zero-order valence-electron chi connectivity index (χ0n) is 7.46. The standard InChI is InChI=1S/C9H13BrSi/c1-5-6(2)8(10)4-9(11)7(5)3/h4H,1-3,11H3. The topological polar surface area (TPSA) is 0 Å². The van der Waals surface area contributed by atoms with Gasteiger partial charge in [-0.1, -0.05) is 21.1 Å². The van der Waals surface area contributed by atoms with E-state index in [1.54, 1.807) is 0 Å². The normalized spacial score (nSPS) is 10.5. The van der Waals surface area contributed by atoms with Crippen LogP contribution in [-0.4, -0.2) is 10.2 Å². The molecule has 0 heterocycles. The van der Waals surface area contributed by atoms with Crippen LogP contribution in [0.4, 0.5) is 0 Å². The molecule has 1 aromatic carbocycles. The van der Waals surface area contributed by atoms with Crippen molar-refractivity contribution in [2.45, 2.75) is 20.8 Å². The largest absolute Gasteiger partial charge is 0.0665 e. The molecule has 0 saturated carbocycles. The van der Waals surface area contributed by atoms with Crippen molar-refractivity contribution in [3.63, 3.8) is 0 Å². The highest BCUT2D eigenvalue weighted by Crippen LogP contribution is 2.19. The van der Waals surface area contributed by atoms with E-state index in [0.29, 0.717) is 0 Å². The first-order valence-electron chi connectivity index (χ1n) is 3.77. The third-order valence-corrected chi connectivity index (χ3v) is 4.28. The summed E-state index contributed by atoms with van der Waals surface area (Å²) in [6, 6.07) is 2.24. The van der Waals surface area contributed by atoms with Crippen molar-refractivity contribution >= 4 is 31.4 Å². The Morgan fingerprint density at radius 1 is 1.09 bits per heavy atom. The smallest absolute Gasteiger partial charge is 0.0389 e. The highest BCUT2D eigenvalue weighted by molar-refractivity contribution is 9.10. The van der Waals surface area contributed by atoms with Crippen molar-refractivity contribution < 1.29 is 0 Å². The van der Waals surface area contributed by atoms with Gasteiger partial charge >= 0.3 is 0 Å². The molecular formula is C9H13BrSi. The lowest BCUT2D eigenvalue weighted by Crippen LogP contribution is -2.10. The summed E-state index contributed by atoms with van der Waals surface area (Å²) in [6.45, 7) is 6.56. The van der Waals surface area contributed by atoms with E-state index in [-0.39, 0.29) is 0 Å².